The van der Waals surface area contributed by atoms with E-state index in [1.54, 1.807) is 12.1 Å². The molecule has 0 saturated carbocycles. The summed E-state index contributed by atoms with van der Waals surface area (Å²) in [4.78, 5) is 24.5. The zero-order valence-electron chi connectivity index (χ0n) is 16.6. The summed E-state index contributed by atoms with van der Waals surface area (Å²) in [6.07, 6.45) is 0. The Morgan fingerprint density at radius 2 is 1.89 bits per heavy atom. The lowest BCUT2D eigenvalue weighted by atomic mass is 9.81. The first-order chi connectivity index (χ1) is 13.0. The number of rotatable bonds is 5. The van der Waals surface area contributed by atoms with Crippen molar-refractivity contribution in [3.05, 3.63) is 56.7 Å². The molecule has 0 aliphatic carbocycles. The number of hydrogen-bond acceptors (Lipinski definition) is 5. The number of nitrogens with one attached hydrogen (secondary N) is 2. The predicted molar refractivity (Wildman–Crippen MR) is 114 cm³/mol. The van der Waals surface area contributed by atoms with Gasteiger partial charge in [-0.25, -0.2) is 0 Å². The van der Waals surface area contributed by atoms with E-state index in [4.69, 9.17) is 11.6 Å². The molecule has 1 aromatic carbocycles. The molecule has 1 aliphatic rings. The SMILES string of the molecule is CC(=O)C1=C(C)NC(SCC(=O)NC(C)(C)C)=C(C#N)[C@H]1c1ccc(Cl)cc1. The topological polar surface area (TPSA) is 82.0 Å². The van der Waals surface area contributed by atoms with Crippen molar-refractivity contribution in [2.75, 3.05) is 5.75 Å². The number of ketones is 1. The fraction of sp³-hybridized carbons (Fsp3) is 0.381. The van der Waals surface area contributed by atoms with Crippen LogP contribution < -0.4 is 10.6 Å². The van der Waals surface area contributed by atoms with Gasteiger partial charge in [0.15, 0.2) is 5.78 Å². The number of amides is 1. The third-order valence-corrected chi connectivity index (χ3v) is 5.36. The first-order valence-corrected chi connectivity index (χ1v) is 10.2. The monoisotopic (exact) mass is 417 g/mol. The molecule has 1 aromatic rings. The first kappa shape index (κ1) is 22.1. The van der Waals surface area contributed by atoms with Gasteiger partial charge < -0.3 is 10.6 Å². The van der Waals surface area contributed by atoms with Gasteiger partial charge in [0.2, 0.25) is 5.91 Å². The fourth-order valence-corrected chi connectivity index (χ4v) is 4.09. The quantitative estimate of drug-likeness (QED) is 0.747. The van der Waals surface area contributed by atoms with Crippen LogP contribution >= 0.6 is 23.4 Å². The Morgan fingerprint density at radius 1 is 1.29 bits per heavy atom. The van der Waals surface area contributed by atoms with Crippen LogP contribution in [0.2, 0.25) is 5.02 Å². The molecule has 28 heavy (non-hydrogen) atoms. The molecule has 0 unspecified atom stereocenters. The zero-order valence-corrected chi connectivity index (χ0v) is 18.2. The predicted octanol–water partition coefficient (Wildman–Crippen LogP) is 4.27. The highest BCUT2D eigenvalue weighted by Crippen LogP contribution is 2.41. The molecule has 2 rings (SSSR count). The average Bonchev–Trinajstić information content (AvgIpc) is 2.58. The van der Waals surface area contributed by atoms with Crippen molar-refractivity contribution < 1.29 is 9.59 Å². The summed E-state index contributed by atoms with van der Waals surface area (Å²) >= 11 is 7.26. The molecule has 1 amide bonds. The van der Waals surface area contributed by atoms with Crippen molar-refractivity contribution >= 4 is 35.1 Å². The number of dihydropyridines is 1. The van der Waals surface area contributed by atoms with E-state index in [2.05, 4.69) is 16.7 Å². The summed E-state index contributed by atoms with van der Waals surface area (Å²) in [5.41, 5.74) is 2.14. The number of carbonyl (C=O) groups excluding carboxylic acids is 2. The van der Waals surface area contributed by atoms with Crippen LogP contribution in [-0.2, 0) is 9.59 Å². The van der Waals surface area contributed by atoms with E-state index in [-0.39, 0.29) is 23.0 Å². The lowest BCUT2D eigenvalue weighted by Crippen LogP contribution is -2.41. The Kier molecular flexibility index (Phi) is 6.97. The van der Waals surface area contributed by atoms with Crippen molar-refractivity contribution in [1.29, 1.82) is 5.26 Å². The maximum Gasteiger partial charge on any atom is 0.230 e. The Bertz CT molecular complexity index is 890. The molecule has 0 aromatic heterocycles. The molecule has 1 atom stereocenters. The van der Waals surface area contributed by atoms with Crippen LogP contribution in [0.15, 0.2) is 46.1 Å². The minimum Gasteiger partial charge on any atom is -0.353 e. The van der Waals surface area contributed by atoms with Gasteiger partial charge in [0.25, 0.3) is 0 Å². The van der Waals surface area contributed by atoms with Crippen LogP contribution in [0.4, 0.5) is 0 Å². The van der Waals surface area contributed by atoms with E-state index >= 15 is 0 Å². The van der Waals surface area contributed by atoms with Gasteiger partial charge in [0, 0.05) is 21.8 Å². The number of thioether (sulfide) groups is 1. The summed E-state index contributed by atoms with van der Waals surface area (Å²) in [6.45, 7) is 9.04. The van der Waals surface area contributed by atoms with Gasteiger partial charge in [-0.05, 0) is 52.3 Å². The summed E-state index contributed by atoms with van der Waals surface area (Å²) in [5.74, 6) is -0.548. The van der Waals surface area contributed by atoms with Crippen molar-refractivity contribution in [2.24, 2.45) is 0 Å². The van der Waals surface area contributed by atoms with Crippen molar-refractivity contribution in [3.63, 3.8) is 0 Å². The molecule has 5 nitrogen and oxygen atoms in total. The number of nitrogens with zero attached hydrogens (tertiary/aromatic N) is 1. The molecule has 0 radical (unpaired) electrons. The molecule has 0 fully saturated rings. The average molecular weight is 418 g/mol. The second kappa shape index (κ2) is 8.85. The van der Waals surface area contributed by atoms with Gasteiger partial charge in [0.05, 0.1) is 28.3 Å². The maximum atomic E-state index is 12.3. The van der Waals surface area contributed by atoms with E-state index in [0.29, 0.717) is 26.9 Å². The van der Waals surface area contributed by atoms with Crippen molar-refractivity contribution in [2.45, 2.75) is 46.1 Å². The number of carbonyl (C=O) groups is 2. The summed E-state index contributed by atoms with van der Waals surface area (Å²) < 4.78 is 0. The number of benzene rings is 1. The lowest BCUT2D eigenvalue weighted by Gasteiger charge is -2.29. The van der Waals surface area contributed by atoms with E-state index in [1.807, 2.05) is 39.8 Å². The highest BCUT2D eigenvalue weighted by atomic mass is 35.5. The van der Waals surface area contributed by atoms with Crippen LogP contribution in [0.25, 0.3) is 0 Å². The van der Waals surface area contributed by atoms with Gasteiger partial charge >= 0.3 is 0 Å². The van der Waals surface area contributed by atoms with Crippen LogP contribution in [-0.4, -0.2) is 23.0 Å². The van der Waals surface area contributed by atoms with Crippen molar-refractivity contribution in [1.82, 2.24) is 10.6 Å². The van der Waals surface area contributed by atoms with Gasteiger partial charge in [-0.2, -0.15) is 5.26 Å². The minimum atomic E-state index is -0.491. The molecule has 2 N–H and O–H groups in total. The second-order valence-corrected chi connectivity index (χ2v) is 9.07. The molecular formula is C21H24ClN3O2S. The van der Waals surface area contributed by atoms with Gasteiger partial charge in [-0.3, -0.25) is 9.59 Å². The number of halogens is 1. The highest BCUT2D eigenvalue weighted by Gasteiger charge is 2.33. The molecular weight excluding hydrogens is 394 g/mol. The summed E-state index contributed by atoms with van der Waals surface area (Å²) in [5, 5.41) is 17.1. The standard InChI is InChI=1S/C21H24ClN3O2S/c1-12-18(13(2)26)19(14-6-8-15(22)9-7-14)16(10-23)20(24-12)28-11-17(27)25-21(3,4)5/h6-9,19,24H,11H2,1-5H3,(H,25,27)/t19-/m1/s1. The number of Topliss-reactive ketones (excluding diaryl/α,β-unsaturated/α-hetero) is 1. The number of hydrogen-bond donors (Lipinski definition) is 2. The first-order valence-electron chi connectivity index (χ1n) is 8.85. The molecule has 1 aliphatic heterocycles. The zero-order chi connectivity index (χ0) is 21.1. The van der Waals surface area contributed by atoms with Gasteiger partial charge in [0.1, 0.15) is 0 Å². The minimum absolute atomic E-state index is 0.104. The largest absolute Gasteiger partial charge is 0.353 e. The Labute approximate surface area is 175 Å². The summed E-state index contributed by atoms with van der Waals surface area (Å²) in [6, 6.07) is 9.36. The van der Waals surface area contributed by atoms with Crippen LogP contribution in [0.5, 0.6) is 0 Å². The van der Waals surface area contributed by atoms with Gasteiger partial charge in [-0.15, -0.1) is 0 Å². The fourth-order valence-electron chi connectivity index (χ4n) is 3.07. The Morgan fingerprint density at radius 3 is 2.39 bits per heavy atom. The van der Waals surface area contributed by atoms with Crippen LogP contribution in [0.3, 0.4) is 0 Å². The Hall–Kier alpha value is -2.23. The number of nitriles is 1. The normalized spacial score (nSPS) is 17.1. The van der Waals surface area contributed by atoms with E-state index in [9.17, 15) is 14.9 Å². The van der Waals surface area contributed by atoms with Crippen LogP contribution in [0, 0.1) is 11.3 Å². The van der Waals surface area contributed by atoms with E-state index in [1.165, 1.54) is 18.7 Å². The molecule has 148 valence electrons. The molecule has 0 bridgehead atoms. The van der Waals surface area contributed by atoms with Crippen LogP contribution in [0.1, 0.15) is 46.1 Å². The van der Waals surface area contributed by atoms with Crippen molar-refractivity contribution in [3.8, 4) is 6.07 Å². The smallest absolute Gasteiger partial charge is 0.230 e. The number of allylic oxidation sites excluding steroid dienone is 3. The maximum absolute atomic E-state index is 12.3. The molecule has 0 spiro atoms. The molecule has 1 heterocycles. The lowest BCUT2D eigenvalue weighted by molar-refractivity contribution is -0.120. The van der Waals surface area contributed by atoms with Gasteiger partial charge in [-0.1, -0.05) is 35.5 Å². The third-order valence-electron chi connectivity index (χ3n) is 4.09. The van der Waals surface area contributed by atoms with E-state index in [0.717, 1.165) is 5.56 Å². The third kappa shape index (κ3) is 5.40. The molecule has 0 saturated heterocycles. The van der Waals surface area contributed by atoms with E-state index < -0.39 is 5.92 Å². The highest BCUT2D eigenvalue weighted by molar-refractivity contribution is 8.03. The Balaban J connectivity index is 2.41. The summed E-state index contributed by atoms with van der Waals surface area (Å²) in [7, 11) is 0. The molecule has 7 heteroatoms. The second-order valence-electron chi connectivity index (χ2n) is 7.65.